The highest BCUT2D eigenvalue weighted by atomic mass is 16.7. The van der Waals surface area contributed by atoms with Gasteiger partial charge in [0.05, 0.1) is 24.4 Å². The van der Waals surface area contributed by atoms with E-state index in [0.29, 0.717) is 31.3 Å². The summed E-state index contributed by atoms with van der Waals surface area (Å²) in [6.45, 7) is 7.70. The van der Waals surface area contributed by atoms with Gasteiger partial charge in [-0.1, -0.05) is 56.3 Å². The first kappa shape index (κ1) is 20.4. The zero-order valence-corrected chi connectivity index (χ0v) is 18.4. The number of ether oxygens (including phenoxy) is 3. The summed E-state index contributed by atoms with van der Waals surface area (Å²) in [4.78, 5) is 12.5. The van der Waals surface area contributed by atoms with Gasteiger partial charge in [0.1, 0.15) is 5.78 Å². The Morgan fingerprint density at radius 2 is 1.87 bits per heavy atom. The van der Waals surface area contributed by atoms with Crippen LogP contribution < -0.4 is 0 Å². The van der Waals surface area contributed by atoms with Gasteiger partial charge in [-0.2, -0.15) is 0 Å². The van der Waals surface area contributed by atoms with Gasteiger partial charge in [-0.05, 0) is 44.1 Å². The summed E-state index contributed by atoms with van der Waals surface area (Å²) in [5.74, 6) is 1.02. The lowest BCUT2D eigenvalue weighted by Crippen LogP contribution is -2.64. The van der Waals surface area contributed by atoms with Gasteiger partial charge in [0, 0.05) is 23.7 Å². The fourth-order valence-electron chi connectivity index (χ4n) is 7.01. The van der Waals surface area contributed by atoms with Crippen molar-refractivity contribution in [3.05, 3.63) is 48.0 Å². The van der Waals surface area contributed by atoms with Gasteiger partial charge in [-0.25, -0.2) is 0 Å². The molecule has 1 aromatic carbocycles. The Labute approximate surface area is 180 Å². The highest BCUT2D eigenvalue weighted by Crippen LogP contribution is 2.64. The standard InChI is InChI=1S/C26H34O4/c1-18-22-10-9-21-15-25(17-28-16-20-7-5-4-6-8-20)13-14-26(21,30-19(2)29-25)24(22,3)12-11-23(18)27/h4-10,18-19,21-22H,11-17H2,1-3H3/t18-,19-,21+,22-,24-,25+,26-/m0/s1. The zero-order valence-electron chi connectivity index (χ0n) is 18.4. The van der Waals surface area contributed by atoms with Gasteiger partial charge in [-0.3, -0.25) is 4.79 Å². The van der Waals surface area contributed by atoms with Gasteiger partial charge in [-0.15, -0.1) is 0 Å². The average molecular weight is 411 g/mol. The summed E-state index contributed by atoms with van der Waals surface area (Å²) in [5.41, 5.74) is 0.604. The van der Waals surface area contributed by atoms with Gasteiger partial charge < -0.3 is 14.2 Å². The Morgan fingerprint density at radius 3 is 2.67 bits per heavy atom. The minimum absolute atomic E-state index is 0.0290. The highest BCUT2D eigenvalue weighted by molar-refractivity contribution is 5.82. The van der Waals surface area contributed by atoms with Crippen LogP contribution in [0.15, 0.2) is 42.5 Å². The molecule has 5 aliphatic rings. The topological polar surface area (TPSA) is 44.8 Å². The van der Waals surface area contributed by atoms with Crippen molar-refractivity contribution in [2.45, 2.75) is 77.0 Å². The van der Waals surface area contributed by atoms with E-state index in [4.69, 9.17) is 14.2 Å². The fourth-order valence-corrected chi connectivity index (χ4v) is 7.01. The Balaban J connectivity index is 1.40. The van der Waals surface area contributed by atoms with Crippen molar-refractivity contribution in [3.63, 3.8) is 0 Å². The number of rotatable bonds is 4. The van der Waals surface area contributed by atoms with Crippen LogP contribution in [0.25, 0.3) is 0 Å². The van der Waals surface area contributed by atoms with E-state index >= 15 is 0 Å². The number of ketones is 1. The summed E-state index contributed by atoms with van der Waals surface area (Å²) >= 11 is 0. The van der Waals surface area contributed by atoms with Gasteiger partial charge in [0.15, 0.2) is 6.29 Å². The molecule has 4 heteroatoms. The molecule has 2 saturated carbocycles. The number of carbonyl (C=O) groups excluding carboxylic acids is 1. The zero-order chi connectivity index (χ0) is 21.0. The Morgan fingerprint density at radius 1 is 1.07 bits per heavy atom. The second-order valence-corrected chi connectivity index (χ2v) is 10.2. The molecule has 4 fully saturated rings. The maximum atomic E-state index is 12.5. The summed E-state index contributed by atoms with van der Waals surface area (Å²) in [6.07, 6.45) is 8.81. The monoisotopic (exact) mass is 410 g/mol. The van der Waals surface area contributed by atoms with Crippen LogP contribution in [-0.4, -0.2) is 29.9 Å². The van der Waals surface area contributed by atoms with Crippen LogP contribution in [-0.2, 0) is 25.6 Å². The smallest absolute Gasteiger partial charge is 0.156 e. The molecule has 7 atom stereocenters. The average Bonchev–Trinajstić information content (AvgIpc) is 2.95. The molecule has 4 nitrogen and oxygen atoms in total. The molecule has 6 rings (SSSR count). The fraction of sp³-hybridized carbons (Fsp3) is 0.654. The molecular weight excluding hydrogens is 376 g/mol. The quantitative estimate of drug-likeness (QED) is 0.651. The Hall–Kier alpha value is -1.49. The number of Topliss-reactive ketones (excluding diaryl/α,β-unsaturated/α-hetero) is 1. The van der Waals surface area contributed by atoms with E-state index in [-0.39, 0.29) is 34.7 Å². The first-order valence-corrected chi connectivity index (χ1v) is 11.6. The first-order chi connectivity index (χ1) is 14.4. The van der Waals surface area contributed by atoms with E-state index in [0.717, 1.165) is 25.7 Å². The summed E-state index contributed by atoms with van der Waals surface area (Å²) in [5, 5.41) is 0. The number of fused-ring (bicyclic) bond motifs is 4. The van der Waals surface area contributed by atoms with Crippen LogP contribution >= 0.6 is 0 Å². The normalized spacial score (nSPS) is 45.0. The molecule has 1 spiro atoms. The number of hydrogen-bond donors (Lipinski definition) is 0. The predicted octanol–water partition coefficient (Wildman–Crippen LogP) is 5.07. The molecule has 0 radical (unpaired) electrons. The second kappa shape index (κ2) is 7.29. The molecule has 30 heavy (non-hydrogen) atoms. The maximum Gasteiger partial charge on any atom is 0.156 e. The third-order valence-corrected chi connectivity index (χ3v) is 8.60. The van der Waals surface area contributed by atoms with Crippen LogP contribution in [0.1, 0.15) is 58.4 Å². The summed E-state index contributed by atoms with van der Waals surface area (Å²) in [6, 6.07) is 10.3. The van der Waals surface area contributed by atoms with E-state index in [1.165, 1.54) is 5.56 Å². The first-order valence-electron chi connectivity index (χ1n) is 11.6. The van der Waals surface area contributed by atoms with E-state index in [1.54, 1.807) is 0 Å². The summed E-state index contributed by atoms with van der Waals surface area (Å²) in [7, 11) is 0. The predicted molar refractivity (Wildman–Crippen MR) is 115 cm³/mol. The Kier molecular flexibility index (Phi) is 4.96. The van der Waals surface area contributed by atoms with Crippen LogP contribution in [0.5, 0.6) is 0 Å². The third-order valence-electron chi connectivity index (χ3n) is 8.60. The van der Waals surface area contributed by atoms with Crippen molar-refractivity contribution in [3.8, 4) is 0 Å². The van der Waals surface area contributed by atoms with Gasteiger partial charge >= 0.3 is 0 Å². The molecular formula is C26H34O4. The van der Waals surface area contributed by atoms with Gasteiger partial charge in [0.25, 0.3) is 0 Å². The lowest BCUT2D eigenvalue weighted by molar-refractivity contribution is -0.252. The molecule has 2 aliphatic heterocycles. The van der Waals surface area contributed by atoms with Crippen LogP contribution in [0.3, 0.4) is 0 Å². The Bertz CT molecular complexity index is 835. The van der Waals surface area contributed by atoms with E-state index in [9.17, 15) is 4.79 Å². The van der Waals surface area contributed by atoms with Crippen molar-refractivity contribution in [1.29, 1.82) is 0 Å². The molecule has 0 aromatic heterocycles. The van der Waals surface area contributed by atoms with Crippen molar-refractivity contribution < 1.29 is 19.0 Å². The van der Waals surface area contributed by atoms with Crippen molar-refractivity contribution in [2.75, 3.05) is 6.61 Å². The molecule has 162 valence electrons. The lowest BCUT2D eigenvalue weighted by atomic mass is 9.46. The highest BCUT2D eigenvalue weighted by Gasteiger charge is 2.66. The molecule has 1 aromatic rings. The molecule has 3 aliphatic carbocycles. The van der Waals surface area contributed by atoms with Crippen LogP contribution in [0, 0.1) is 23.2 Å². The SMILES string of the molecule is C[C@H]1O[C@]2(COCc3ccccc3)CC[C@]3(O1)[C@H](C=C[C@H]1[C@H](C)C(=O)CC[C@@]13C)C2. The lowest BCUT2D eigenvalue weighted by Gasteiger charge is -2.61. The number of carbonyl (C=O) groups is 1. The molecule has 0 N–H and O–H groups in total. The van der Waals surface area contributed by atoms with Gasteiger partial charge in [0.2, 0.25) is 0 Å². The maximum absolute atomic E-state index is 12.5. The van der Waals surface area contributed by atoms with Crippen molar-refractivity contribution in [2.24, 2.45) is 23.2 Å². The summed E-state index contributed by atoms with van der Waals surface area (Å²) < 4.78 is 19.5. The van der Waals surface area contributed by atoms with Crippen LogP contribution in [0.2, 0.25) is 0 Å². The largest absolute Gasteiger partial charge is 0.374 e. The molecule has 0 amide bonds. The van der Waals surface area contributed by atoms with Crippen LogP contribution in [0.4, 0.5) is 0 Å². The van der Waals surface area contributed by atoms with Crippen molar-refractivity contribution in [1.82, 2.24) is 0 Å². The minimum Gasteiger partial charge on any atom is -0.374 e. The second-order valence-electron chi connectivity index (χ2n) is 10.2. The third kappa shape index (κ3) is 3.03. The van der Waals surface area contributed by atoms with E-state index in [1.807, 2.05) is 25.1 Å². The molecule has 2 bridgehead atoms. The number of benzene rings is 1. The van der Waals surface area contributed by atoms with E-state index < -0.39 is 0 Å². The van der Waals surface area contributed by atoms with E-state index in [2.05, 4.69) is 38.1 Å². The number of hydrogen-bond acceptors (Lipinski definition) is 4. The molecule has 2 saturated heterocycles. The molecule has 0 unspecified atom stereocenters. The minimum atomic E-state index is -0.303. The molecule has 2 heterocycles. The number of allylic oxidation sites excluding steroid dienone is 1. The van der Waals surface area contributed by atoms with Crippen molar-refractivity contribution >= 4 is 5.78 Å².